The smallest absolute Gasteiger partial charge is 0.404 e. The molecular weight excluding hydrogens is 506 g/mol. The molecule has 2 fully saturated rings. The molecule has 208 valence electrons. The van der Waals surface area contributed by atoms with Crippen molar-refractivity contribution in [1.82, 2.24) is 9.80 Å². The van der Waals surface area contributed by atoms with Crippen molar-refractivity contribution < 1.29 is 33.4 Å². The Bertz CT molecular complexity index is 1120. The van der Waals surface area contributed by atoms with Gasteiger partial charge in [-0.1, -0.05) is 33.5 Å². The van der Waals surface area contributed by atoms with Crippen LogP contribution in [0, 0.1) is 5.41 Å². The number of imide groups is 1. The van der Waals surface area contributed by atoms with Crippen molar-refractivity contribution in [2.24, 2.45) is 11.1 Å². The molecule has 2 aliphatic heterocycles. The molecule has 2 heterocycles. The minimum Gasteiger partial charge on any atom is -0.487 e. The highest BCUT2D eigenvalue weighted by atomic mass is 28.3. The van der Waals surface area contributed by atoms with Crippen LogP contribution in [0.3, 0.4) is 0 Å². The molecule has 2 N–H and O–H groups in total. The first kappa shape index (κ1) is 28.1. The van der Waals surface area contributed by atoms with Crippen LogP contribution in [0.1, 0.15) is 55.5 Å². The lowest BCUT2D eigenvalue weighted by atomic mass is 9.92. The van der Waals surface area contributed by atoms with Gasteiger partial charge in [-0.05, 0) is 54.5 Å². The number of piperidine rings is 1. The lowest BCUT2D eigenvalue weighted by Gasteiger charge is -2.35. The van der Waals surface area contributed by atoms with Crippen molar-refractivity contribution in [3.8, 4) is 5.75 Å². The fourth-order valence-electron chi connectivity index (χ4n) is 5.42. The molecule has 10 nitrogen and oxygen atoms in total. The van der Waals surface area contributed by atoms with E-state index in [1.165, 1.54) is 4.90 Å². The topological polar surface area (TPSA) is 128 Å². The maximum Gasteiger partial charge on any atom is 0.404 e. The summed E-state index contributed by atoms with van der Waals surface area (Å²) >= 11 is 0. The summed E-state index contributed by atoms with van der Waals surface area (Å²) in [5, 5.41) is 0. The second kappa shape index (κ2) is 10.7. The third-order valence-electron chi connectivity index (χ3n) is 7.46. The first-order valence-corrected chi connectivity index (χ1v) is 16.9. The van der Waals surface area contributed by atoms with Crippen LogP contribution in [-0.2, 0) is 25.6 Å². The molecule has 3 aliphatic rings. The number of primary amides is 1. The molecule has 1 unspecified atom stereocenters. The number of carbonyl (C=O) groups excluding carboxylic acids is 4. The van der Waals surface area contributed by atoms with Crippen LogP contribution in [0.15, 0.2) is 18.2 Å². The molecule has 11 heteroatoms. The number of benzene rings is 1. The Hall–Kier alpha value is -2.92. The monoisotopic (exact) mass is 545 g/mol. The average molecular weight is 546 g/mol. The Morgan fingerprint density at radius 3 is 2.53 bits per heavy atom. The van der Waals surface area contributed by atoms with E-state index in [4.69, 9.17) is 19.9 Å². The van der Waals surface area contributed by atoms with Gasteiger partial charge in [0.15, 0.2) is 0 Å². The Kier molecular flexibility index (Phi) is 7.90. The average Bonchev–Trinajstić information content (AvgIpc) is 3.26. The molecule has 1 saturated carbocycles. The molecule has 0 spiro atoms. The fraction of sp³-hybridized carbons (Fsp3) is 0.630. The zero-order chi connectivity index (χ0) is 27.8. The second-order valence-electron chi connectivity index (χ2n) is 12.5. The number of nitrogens with zero attached hydrogens (tertiary/aromatic N) is 2. The molecular formula is C27H39N3O7Si. The SMILES string of the molecule is CC1(C)C[C@H](OC(N)=O)[C@@H](Oc2ccc3c(c2)CN(C2CCC(=O)N(COCC[Si](C)(C)C)C2=O)C3=O)C1. The van der Waals surface area contributed by atoms with Crippen LogP contribution in [0.4, 0.5) is 4.79 Å². The highest BCUT2D eigenvalue weighted by Crippen LogP contribution is 2.41. The second-order valence-corrected chi connectivity index (χ2v) is 18.1. The van der Waals surface area contributed by atoms with Gasteiger partial charge < -0.3 is 24.8 Å². The first-order valence-electron chi connectivity index (χ1n) is 13.2. The summed E-state index contributed by atoms with van der Waals surface area (Å²) < 4.78 is 17.2. The summed E-state index contributed by atoms with van der Waals surface area (Å²) in [7, 11) is -1.30. The molecule has 38 heavy (non-hydrogen) atoms. The lowest BCUT2D eigenvalue weighted by molar-refractivity contribution is -0.158. The van der Waals surface area contributed by atoms with Gasteiger partial charge in [-0.25, -0.2) is 4.79 Å². The number of hydrogen-bond donors (Lipinski definition) is 1. The zero-order valence-electron chi connectivity index (χ0n) is 23.0. The molecule has 1 aromatic rings. The lowest BCUT2D eigenvalue weighted by Crippen LogP contribution is -2.55. The highest BCUT2D eigenvalue weighted by molar-refractivity contribution is 6.76. The number of nitrogens with two attached hydrogens (primary N) is 1. The van der Waals surface area contributed by atoms with E-state index in [0.29, 0.717) is 30.8 Å². The van der Waals surface area contributed by atoms with E-state index >= 15 is 0 Å². The van der Waals surface area contributed by atoms with Gasteiger partial charge in [-0.3, -0.25) is 19.3 Å². The highest BCUT2D eigenvalue weighted by Gasteiger charge is 2.44. The summed E-state index contributed by atoms with van der Waals surface area (Å²) in [6.07, 6.45) is 0.153. The van der Waals surface area contributed by atoms with Crippen molar-refractivity contribution >= 4 is 31.9 Å². The number of fused-ring (bicyclic) bond motifs is 1. The summed E-state index contributed by atoms with van der Waals surface area (Å²) in [6.45, 7) is 11.5. The molecule has 3 atom stereocenters. The van der Waals surface area contributed by atoms with E-state index in [1.54, 1.807) is 18.2 Å². The van der Waals surface area contributed by atoms with Gasteiger partial charge in [-0.2, -0.15) is 0 Å². The normalized spacial score (nSPS) is 25.1. The van der Waals surface area contributed by atoms with Crippen molar-refractivity contribution in [2.45, 2.75) is 90.0 Å². The number of amides is 4. The minimum atomic E-state index is -1.30. The van der Waals surface area contributed by atoms with Crippen LogP contribution < -0.4 is 10.5 Å². The van der Waals surface area contributed by atoms with Gasteiger partial charge in [0.1, 0.15) is 30.7 Å². The van der Waals surface area contributed by atoms with Gasteiger partial charge in [-0.15, -0.1) is 0 Å². The maximum atomic E-state index is 13.3. The van der Waals surface area contributed by atoms with E-state index in [2.05, 4.69) is 33.5 Å². The maximum absolute atomic E-state index is 13.3. The Labute approximate surface area is 224 Å². The predicted molar refractivity (Wildman–Crippen MR) is 142 cm³/mol. The third kappa shape index (κ3) is 6.37. The number of rotatable bonds is 9. The van der Waals surface area contributed by atoms with E-state index in [0.717, 1.165) is 16.5 Å². The number of carbonyl (C=O) groups is 4. The van der Waals surface area contributed by atoms with Crippen molar-refractivity contribution in [1.29, 1.82) is 0 Å². The predicted octanol–water partition coefficient (Wildman–Crippen LogP) is 3.50. The van der Waals surface area contributed by atoms with Crippen molar-refractivity contribution in [3.63, 3.8) is 0 Å². The first-order chi connectivity index (χ1) is 17.7. The Morgan fingerprint density at radius 1 is 1.13 bits per heavy atom. The molecule has 0 aromatic heterocycles. The van der Waals surface area contributed by atoms with Gasteiger partial charge >= 0.3 is 6.09 Å². The van der Waals surface area contributed by atoms with E-state index in [1.807, 2.05) is 0 Å². The van der Waals surface area contributed by atoms with E-state index in [-0.39, 0.29) is 49.5 Å². The third-order valence-corrected chi connectivity index (χ3v) is 9.17. The van der Waals surface area contributed by atoms with E-state index in [9.17, 15) is 19.2 Å². The van der Waals surface area contributed by atoms with Crippen molar-refractivity contribution in [3.05, 3.63) is 29.3 Å². The van der Waals surface area contributed by atoms with Gasteiger partial charge in [0, 0.05) is 33.2 Å². The van der Waals surface area contributed by atoms with Crippen molar-refractivity contribution in [2.75, 3.05) is 13.3 Å². The standard InChI is InChI=1S/C27H39N3O7Si/c1-27(2)13-21(22(14-27)37-26(28)34)36-18-6-7-19-17(12-18)15-29(24(19)32)20-8-9-23(31)30(25(20)33)16-35-10-11-38(3,4)5/h6-7,12,20-22H,8-11,13-16H2,1-5H3,(H2,28,34)/t20?,21-,22-/m0/s1. The molecule has 4 rings (SSSR count). The van der Waals surface area contributed by atoms with Gasteiger partial charge in [0.25, 0.3) is 11.8 Å². The Balaban J connectivity index is 1.42. The quantitative estimate of drug-likeness (QED) is 0.286. The van der Waals surface area contributed by atoms with E-state index < -0.39 is 32.2 Å². The Morgan fingerprint density at radius 2 is 1.84 bits per heavy atom. The van der Waals surface area contributed by atoms with Gasteiger partial charge in [0.2, 0.25) is 5.91 Å². The molecule has 4 amide bonds. The molecule has 1 aliphatic carbocycles. The summed E-state index contributed by atoms with van der Waals surface area (Å²) in [6, 6.07) is 5.44. The van der Waals surface area contributed by atoms with Crippen LogP contribution in [0.25, 0.3) is 0 Å². The molecule has 0 bridgehead atoms. The number of ether oxygens (including phenoxy) is 3. The van der Waals surface area contributed by atoms with Crippen LogP contribution in [0.2, 0.25) is 25.7 Å². The molecule has 0 radical (unpaired) electrons. The van der Waals surface area contributed by atoms with Gasteiger partial charge in [0.05, 0.1) is 0 Å². The zero-order valence-corrected chi connectivity index (χ0v) is 24.0. The summed E-state index contributed by atoms with van der Waals surface area (Å²) in [5.74, 6) is -0.352. The number of likely N-dealkylation sites (tertiary alicyclic amines) is 1. The fourth-order valence-corrected chi connectivity index (χ4v) is 6.18. The molecule has 1 saturated heterocycles. The molecule has 1 aromatic carbocycles. The van der Waals surface area contributed by atoms with Crippen LogP contribution in [0.5, 0.6) is 5.75 Å². The minimum absolute atomic E-state index is 0.0721. The summed E-state index contributed by atoms with van der Waals surface area (Å²) in [4.78, 5) is 53.0. The largest absolute Gasteiger partial charge is 0.487 e. The van der Waals surface area contributed by atoms with Crippen LogP contribution >= 0.6 is 0 Å². The summed E-state index contributed by atoms with van der Waals surface area (Å²) in [5.41, 5.74) is 6.44. The number of hydrogen-bond acceptors (Lipinski definition) is 7. The van der Waals surface area contributed by atoms with Crippen LogP contribution in [-0.4, -0.2) is 73.3 Å².